The van der Waals surface area contributed by atoms with Crippen LogP contribution in [-0.2, 0) is 13.0 Å². The molecule has 0 saturated carbocycles. The first-order chi connectivity index (χ1) is 18.5. The van der Waals surface area contributed by atoms with E-state index >= 15 is 0 Å². The number of halogens is 1. The van der Waals surface area contributed by atoms with Gasteiger partial charge in [-0.25, -0.2) is 14.5 Å². The van der Waals surface area contributed by atoms with Crippen molar-refractivity contribution in [1.82, 2.24) is 30.0 Å². The lowest BCUT2D eigenvalue weighted by atomic mass is 9.72. The van der Waals surface area contributed by atoms with Gasteiger partial charge in [-0.15, -0.1) is 0 Å². The summed E-state index contributed by atoms with van der Waals surface area (Å²) in [5.74, 6) is 0.126. The number of likely N-dealkylation sites (tertiary alicyclic amines) is 2. The molecule has 0 unspecified atom stereocenters. The number of amides is 1. The maximum atomic E-state index is 14.7. The summed E-state index contributed by atoms with van der Waals surface area (Å²) in [5, 5.41) is 8.04. The SMILES string of the molecule is O=C(c1cc(Cc2n[nH]c(=O)c3ccccc23)ccc1F)N1CC2(CN(Cc3nc4ccccc4[nH]3)C2)C1. The van der Waals surface area contributed by atoms with Gasteiger partial charge in [-0.1, -0.05) is 36.4 Å². The topological polar surface area (TPSA) is 98.0 Å². The highest BCUT2D eigenvalue weighted by Gasteiger charge is 2.53. The van der Waals surface area contributed by atoms with Crippen LogP contribution in [0.2, 0.25) is 0 Å². The first kappa shape index (κ1) is 22.8. The molecule has 190 valence electrons. The quantitative estimate of drug-likeness (QED) is 0.379. The van der Waals surface area contributed by atoms with Gasteiger partial charge in [0, 0.05) is 43.4 Å². The molecular formula is C29H25FN6O2. The molecule has 1 amide bonds. The molecule has 0 bridgehead atoms. The molecule has 9 heteroatoms. The molecule has 38 heavy (non-hydrogen) atoms. The van der Waals surface area contributed by atoms with E-state index in [4.69, 9.17) is 0 Å². The summed E-state index contributed by atoms with van der Waals surface area (Å²) in [6.07, 6.45) is 0.374. The number of para-hydroxylation sites is 2. The van der Waals surface area contributed by atoms with Crippen molar-refractivity contribution in [3.63, 3.8) is 0 Å². The number of nitrogens with one attached hydrogen (secondary N) is 2. The molecule has 0 atom stereocenters. The number of H-pyrrole nitrogens is 2. The van der Waals surface area contributed by atoms with Gasteiger partial charge in [-0.2, -0.15) is 5.10 Å². The minimum Gasteiger partial charge on any atom is -0.341 e. The number of hydrogen-bond donors (Lipinski definition) is 2. The summed E-state index contributed by atoms with van der Waals surface area (Å²) >= 11 is 0. The highest BCUT2D eigenvalue weighted by molar-refractivity contribution is 5.95. The van der Waals surface area contributed by atoms with Crippen molar-refractivity contribution < 1.29 is 9.18 Å². The molecule has 1 spiro atoms. The first-order valence-corrected chi connectivity index (χ1v) is 12.7. The van der Waals surface area contributed by atoms with Crippen molar-refractivity contribution in [1.29, 1.82) is 0 Å². The van der Waals surface area contributed by atoms with Crippen molar-refractivity contribution in [2.24, 2.45) is 5.41 Å². The average molecular weight is 509 g/mol. The summed E-state index contributed by atoms with van der Waals surface area (Å²) in [6, 6.07) is 19.8. The van der Waals surface area contributed by atoms with Gasteiger partial charge in [0.2, 0.25) is 0 Å². The van der Waals surface area contributed by atoms with Gasteiger partial charge in [-0.3, -0.25) is 14.5 Å². The Kier molecular flexibility index (Phi) is 5.16. The van der Waals surface area contributed by atoms with Crippen LogP contribution in [0.1, 0.15) is 27.4 Å². The molecule has 0 aliphatic carbocycles. The normalized spacial score (nSPS) is 16.6. The number of hydrogen-bond acceptors (Lipinski definition) is 5. The Bertz CT molecular complexity index is 1730. The van der Waals surface area contributed by atoms with Crippen molar-refractivity contribution in [3.05, 3.63) is 106 Å². The van der Waals surface area contributed by atoms with Gasteiger partial charge >= 0.3 is 0 Å². The second-order valence-electron chi connectivity index (χ2n) is 10.5. The third-order valence-electron chi connectivity index (χ3n) is 7.68. The largest absolute Gasteiger partial charge is 0.341 e. The van der Waals surface area contributed by atoms with Crippen molar-refractivity contribution in [2.45, 2.75) is 13.0 Å². The number of fused-ring (bicyclic) bond motifs is 2. The smallest absolute Gasteiger partial charge is 0.272 e. The van der Waals surface area contributed by atoms with Gasteiger partial charge in [0.1, 0.15) is 11.6 Å². The number of carbonyl (C=O) groups is 1. The molecule has 8 nitrogen and oxygen atoms in total. The third kappa shape index (κ3) is 3.86. The molecule has 2 aliphatic rings. The van der Waals surface area contributed by atoms with Crippen LogP contribution in [0.15, 0.2) is 71.5 Å². The fourth-order valence-corrected chi connectivity index (χ4v) is 5.93. The molecule has 7 rings (SSSR count). The van der Waals surface area contributed by atoms with Crippen molar-refractivity contribution in [2.75, 3.05) is 26.2 Å². The minimum atomic E-state index is -0.529. The van der Waals surface area contributed by atoms with E-state index < -0.39 is 5.82 Å². The van der Waals surface area contributed by atoms with Crippen molar-refractivity contribution >= 4 is 27.7 Å². The fraction of sp³-hybridized carbons (Fsp3) is 0.241. The van der Waals surface area contributed by atoms with E-state index in [-0.39, 0.29) is 22.4 Å². The molecule has 2 saturated heterocycles. The molecule has 2 aliphatic heterocycles. The molecule has 0 radical (unpaired) electrons. The fourth-order valence-electron chi connectivity index (χ4n) is 5.93. The summed E-state index contributed by atoms with van der Waals surface area (Å²) in [4.78, 5) is 37.4. The molecule has 2 N–H and O–H groups in total. The van der Waals surface area contributed by atoms with Crippen LogP contribution in [-0.4, -0.2) is 62.1 Å². The zero-order chi connectivity index (χ0) is 25.9. The Balaban J connectivity index is 1.01. The van der Waals surface area contributed by atoms with E-state index in [1.54, 1.807) is 29.2 Å². The molecule has 5 aromatic rings. The number of carbonyl (C=O) groups excluding carboxylic acids is 1. The summed E-state index contributed by atoms with van der Waals surface area (Å²) < 4.78 is 14.7. The van der Waals surface area contributed by atoms with E-state index in [9.17, 15) is 14.0 Å². The van der Waals surface area contributed by atoms with Crippen LogP contribution in [0.5, 0.6) is 0 Å². The highest BCUT2D eigenvalue weighted by Crippen LogP contribution is 2.41. The van der Waals surface area contributed by atoms with Crippen molar-refractivity contribution in [3.8, 4) is 0 Å². The first-order valence-electron chi connectivity index (χ1n) is 12.7. The lowest BCUT2D eigenvalue weighted by molar-refractivity contribution is -0.102. The highest BCUT2D eigenvalue weighted by atomic mass is 19.1. The zero-order valence-electron chi connectivity index (χ0n) is 20.6. The summed E-state index contributed by atoms with van der Waals surface area (Å²) in [5.41, 5.74) is 3.33. The summed E-state index contributed by atoms with van der Waals surface area (Å²) in [7, 11) is 0. The molecule has 3 aromatic carbocycles. The Morgan fingerprint density at radius 2 is 1.74 bits per heavy atom. The summed E-state index contributed by atoms with van der Waals surface area (Å²) in [6.45, 7) is 3.77. The van der Waals surface area contributed by atoms with Gasteiger partial charge in [0.15, 0.2) is 0 Å². The average Bonchev–Trinajstić information content (AvgIpc) is 3.30. The van der Waals surface area contributed by atoms with Crippen LogP contribution in [0, 0.1) is 11.2 Å². The predicted octanol–water partition coefficient (Wildman–Crippen LogP) is 3.49. The van der Waals surface area contributed by atoms with Gasteiger partial charge < -0.3 is 9.88 Å². The van der Waals surface area contributed by atoms with Gasteiger partial charge in [0.05, 0.1) is 34.2 Å². The van der Waals surface area contributed by atoms with Crippen LogP contribution in [0.4, 0.5) is 4.39 Å². The van der Waals surface area contributed by atoms with Crippen LogP contribution in [0.25, 0.3) is 21.8 Å². The van der Waals surface area contributed by atoms with Crippen LogP contribution < -0.4 is 5.56 Å². The van der Waals surface area contributed by atoms with Crippen LogP contribution >= 0.6 is 0 Å². The monoisotopic (exact) mass is 508 g/mol. The third-order valence-corrected chi connectivity index (χ3v) is 7.68. The Hall–Kier alpha value is -4.37. The van der Waals surface area contributed by atoms with E-state index in [1.807, 2.05) is 36.4 Å². The maximum Gasteiger partial charge on any atom is 0.272 e. The van der Waals surface area contributed by atoms with Gasteiger partial charge in [-0.05, 0) is 35.9 Å². The Labute approximate surface area is 217 Å². The maximum absolute atomic E-state index is 14.7. The van der Waals surface area contributed by atoms with E-state index in [2.05, 4.69) is 25.1 Å². The zero-order valence-corrected chi connectivity index (χ0v) is 20.6. The number of nitrogens with zero attached hydrogens (tertiary/aromatic N) is 4. The number of rotatable bonds is 5. The molecule has 2 fully saturated rings. The lowest BCUT2D eigenvalue weighted by Crippen LogP contribution is -2.72. The van der Waals surface area contributed by atoms with Crippen LogP contribution in [0.3, 0.4) is 0 Å². The van der Waals surface area contributed by atoms with E-state index in [1.165, 1.54) is 6.07 Å². The Morgan fingerprint density at radius 3 is 2.55 bits per heavy atom. The number of imidazole rings is 1. The minimum absolute atomic E-state index is 0.0736. The Morgan fingerprint density at radius 1 is 0.974 bits per heavy atom. The molecular weight excluding hydrogens is 483 g/mol. The second-order valence-corrected chi connectivity index (χ2v) is 10.5. The predicted molar refractivity (Wildman–Crippen MR) is 141 cm³/mol. The lowest BCUT2D eigenvalue weighted by Gasteiger charge is -2.60. The van der Waals surface area contributed by atoms with E-state index in [0.717, 1.165) is 47.4 Å². The molecule has 2 aromatic heterocycles. The van der Waals surface area contributed by atoms with Gasteiger partial charge in [0.25, 0.3) is 11.5 Å². The standard InChI is InChI=1S/C29H25FN6O2/c30-22-10-9-18(12-25-19-5-1-2-6-20(19)27(37)34-33-25)11-21(22)28(38)36-16-29(17-36)14-35(15-29)13-26-31-23-7-3-4-8-24(23)32-26/h1-11H,12-17H2,(H,31,32)(H,34,37). The number of aromatic amines is 2. The molecule has 4 heterocycles. The number of benzene rings is 3. The second kappa shape index (κ2) is 8.59. The van der Waals surface area contributed by atoms with E-state index in [0.29, 0.717) is 30.6 Å². The number of aromatic nitrogens is 4.